The van der Waals surface area contributed by atoms with Gasteiger partial charge in [-0.05, 0) is 31.9 Å². The standard InChI is InChI=1S/C20H25N5O2/c1-15-12-22-17(13-21-15)18(26)25-11-7-10-20(14-25,19(27)24(2)3)23-16-8-5-4-6-9-16/h4-6,8-9,12-13,23H,7,10-11,14H2,1-3H3. The Kier molecular flexibility index (Phi) is 5.39. The molecule has 3 rings (SSSR count). The minimum Gasteiger partial charge on any atom is -0.370 e. The van der Waals surface area contributed by atoms with Crippen molar-refractivity contribution in [2.75, 3.05) is 32.5 Å². The average molecular weight is 367 g/mol. The number of likely N-dealkylation sites (tertiary alicyclic amines) is 1. The van der Waals surface area contributed by atoms with Crippen molar-refractivity contribution in [3.63, 3.8) is 0 Å². The van der Waals surface area contributed by atoms with Crippen molar-refractivity contribution in [2.45, 2.75) is 25.3 Å². The second-order valence-electron chi connectivity index (χ2n) is 7.15. The molecule has 2 heterocycles. The molecule has 0 saturated carbocycles. The molecule has 27 heavy (non-hydrogen) atoms. The third-order valence-electron chi connectivity index (χ3n) is 4.75. The monoisotopic (exact) mass is 367 g/mol. The number of aromatic nitrogens is 2. The molecule has 1 aromatic heterocycles. The van der Waals surface area contributed by atoms with Crippen LogP contribution in [0.25, 0.3) is 0 Å². The maximum absolute atomic E-state index is 13.1. The third kappa shape index (κ3) is 4.07. The molecule has 1 fully saturated rings. The van der Waals surface area contributed by atoms with E-state index in [4.69, 9.17) is 0 Å². The van der Waals surface area contributed by atoms with Gasteiger partial charge >= 0.3 is 0 Å². The van der Waals surface area contributed by atoms with Gasteiger partial charge in [0.05, 0.1) is 18.4 Å². The highest BCUT2D eigenvalue weighted by Gasteiger charge is 2.44. The summed E-state index contributed by atoms with van der Waals surface area (Å²) < 4.78 is 0. The van der Waals surface area contributed by atoms with Crippen LogP contribution in [-0.2, 0) is 4.79 Å². The lowest BCUT2D eigenvalue weighted by molar-refractivity contribution is -0.135. The van der Waals surface area contributed by atoms with Gasteiger partial charge in [0.1, 0.15) is 11.2 Å². The van der Waals surface area contributed by atoms with Crippen molar-refractivity contribution in [2.24, 2.45) is 0 Å². The number of hydrogen-bond acceptors (Lipinski definition) is 5. The van der Waals surface area contributed by atoms with Crippen LogP contribution in [0.5, 0.6) is 0 Å². The normalized spacial score (nSPS) is 19.4. The van der Waals surface area contributed by atoms with Gasteiger partial charge in [0.15, 0.2) is 0 Å². The fourth-order valence-corrected chi connectivity index (χ4v) is 3.45. The number of aryl methyl sites for hydroxylation is 1. The van der Waals surface area contributed by atoms with Crippen LogP contribution in [0.3, 0.4) is 0 Å². The molecule has 2 amide bonds. The Hall–Kier alpha value is -2.96. The molecule has 1 atom stereocenters. The molecule has 1 N–H and O–H groups in total. The fraction of sp³-hybridized carbons (Fsp3) is 0.400. The molecule has 0 bridgehead atoms. The molecule has 1 aliphatic heterocycles. The second-order valence-corrected chi connectivity index (χ2v) is 7.15. The summed E-state index contributed by atoms with van der Waals surface area (Å²) in [4.78, 5) is 37.6. The molecular weight excluding hydrogens is 342 g/mol. The van der Waals surface area contributed by atoms with Gasteiger partial charge < -0.3 is 15.1 Å². The average Bonchev–Trinajstić information content (AvgIpc) is 2.68. The Balaban J connectivity index is 1.88. The van der Waals surface area contributed by atoms with E-state index < -0.39 is 5.54 Å². The van der Waals surface area contributed by atoms with Crippen molar-refractivity contribution in [3.8, 4) is 0 Å². The van der Waals surface area contributed by atoms with E-state index in [-0.39, 0.29) is 18.4 Å². The zero-order valence-electron chi connectivity index (χ0n) is 16.0. The van der Waals surface area contributed by atoms with Gasteiger partial charge in [-0.25, -0.2) is 4.98 Å². The van der Waals surface area contributed by atoms with Gasteiger partial charge in [0, 0.05) is 32.5 Å². The Morgan fingerprint density at radius 3 is 2.52 bits per heavy atom. The molecule has 142 valence electrons. The maximum atomic E-state index is 13.1. The lowest BCUT2D eigenvalue weighted by atomic mass is 9.86. The van der Waals surface area contributed by atoms with Crippen LogP contribution in [0.15, 0.2) is 42.7 Å². The number of likely N-dealkylation sites (N-methyl/N-ethyl adjacent to an activating group) is 1. The Labute approximate surface area is 159 Å². The van der Waals surface area contributed by atoms with Crippen LogP contribution >= 0.6 is 0 Å². The zero-order chi connectivity index (χ0) is 19.4. The second kappa shape index (κ2) is 7.73. The Morgan fingerprint density at radius 2 is 1.89 bits per heavy atom. The number of piperidine rings is 1. The van der Waals surface area contributed by atoms with Crippen molar-refractivity contribution in [1.29, 1.82) is 0 Å². The molecule has 0 radical (unpaired) electrons. The number of carbonyl (C=O) groups excluding carboxylic acids is 2. The predicted molar refractivity (Wildman–Crippen MR) is 103 cm³/mol. The first kappa shape index (κ1) is 18.8. The van der Waals surface area contributed by atoms with E-state index in [1.54, 1.807) is 30.1 Å². The van der Waals surface area contributed by atoms with E-state index in [0.29, 0.717) is 18.7 Å². The van der Waals surface area contributed by atoms with Gasteiger partial charge in [0.2, 0.25) is 5.91 Å². The van der Waals surface area contributed by atoms with Gasteiger partial charge in [-0.2, -0.15) is 0 Å². The van der Waals surface area contributed by atoms with Crippen LogP contribution in [0, 0.1) is 6.92 Å². The van der Waals surface area contributed by atoms with Crippen LogP contribution < -0.4 is 5.32 Å². The number of anilines is 1. The Morgan fingerprint density at radius 1 is 1.15 bits per heavy atom. The number of rotatable bonds is 4. The summed E-state index contributed by atoms with van der Waals surface area (Å²) in [7, 11) is 3.48. The highest BCUT2D eigenvalue weighted by Crippen LogP contribution is 2.28. The van der Waals surface area contributed by atoms with E-state index in [1.165, 1.54) is 6.20 Å². The minimum absolute atomic E-state index is 0.0427. The molecule has 1 unspecified atom stereocenters. The van der Waals surface area contributed by atoms with E-state index in [1.807, 2.05) is 37.3 Å². The fourth-order valence-electron chi connectivity index (χ4n) is 3.45. The smallest absolute Gasteiger partial charge is 0.274 e. The van der Waals surface area contributed by atoms with Gasteiger partial charge in [0.25, 0.3) is 5.91 Å². The van der Waals surface area contributed by atoms with Gasteiger partial charge in [-0.1, -0.05) is 18.2 Å². The summed E-state index contributed by atoms with van der Waals surface area (Å²) in [6.45, 7) is 2.70. The van der Waals surface area contributed by atoms with E-state index >= 15 is 0 Å². The summed E-state index contributed by atoms with van der Waals surface area (Å²) in [6, 6.07) is 9.62. The predicted octanol–water partition coefficient (Wildman–Crippen LogP) is 1.96. The van der Waals surface area contributed by atoms with E-state index in [9.17, 15) is 9.59 Å². The first-order valence-electron chi connectivity index (χ1n) is 9.04. The van der Waals surface area contributed by atoms with Crippen LogP contribution in [0.4, 0.5) is 5.69 Å². The number of para-hydroxylation sites is 1. The highest BCUT2D eigenvalue weighted by molar-refractivity contribution is 5.94. The van der Waals surface area contributed by atoms with Crippen LogP contribution in [0.1, 0.15) is 29.0 Å². The SMILES string of the molecule is Cc1cnc(C(=O)N2CCCC(Nc3ccccc3)(C(=O)N(C)C)C2)cn1. The summed E-state index contributed by atoms with van der Waals surface area (Å²) in [6.07, 6.45) is 4.46. The number of hydrogen-bond donors (Lipinski definition) is 1. The molecule has 1 aliphatic rings. The number of carbonyl (C=O) groups is 2. The summed E-state index contributed by atoms with van der Waals surface area (Å²) in [5.74, 6) is -0.244. The van der Waals surface area contributed by atoms with Gasteiger partial charge in [-0.3, -0.25) is 14.6 Å². The van der Waals surface area contributed by atoms with Crippen LogP contribution in [0.2, 0.25) is 0 Å². The van der Waals surface area contributed by atoms with E-state index in [2.05, 4.69) is 15.3 Å². The first-order valence-corrected chi connectivity index (χ1v) is 9.04. The largest absolute Gasteiger partial charge is 0.370 e. The number of amides is 2. The molecule has 0 spiro atoms. The third-order valence-corrected chi connectivity index (χ3v) is 4.75. The molecule has 1 aromatic carbocycles. The van der Waals surface area contributed by atoms with Gasteiger partial charge in [-0.15, -0.1) is 0 Å². The summed E-state index contributed by atoms with van der Waals surface area (Å²) in [5.41, 5.74) is 1.05. The zero-order valence-corrected chi connectivity index (χ0v) is 16.0. The lowest BCUT2D eigenvalue weighted by Crippen LogP contribution is -2.62. The maximum Gasteiger partial charge on any atom is 0.274 e. The van der Waals surface area contributed by atoms with Crippen molar-refractivity contribution in [3.05, 3.63) is 54.1 Å². The minimum atomic E-state index is -0.864. The molecule has 7 nitrogen and oxygen atoms in total. The molecule has 0 aliphatic carbocycles. The topological polar surface area (TPSA) is 78.4 Å². The lowest BCUT2D eigenvalue weighted by Gasteiger charge is -2.43. The first-order chi connectivity index (χ1) is 12.9. The Bertz CT molecular complexity index is 807. The van der Waals surface area contributed by atoms with Crippen molar-refractivity contribution < 1.29 is 9.59 Å². The van der Waals surface area contributed by atoms with E-state index in [0.717, 1.165) is 17.8 Å². The molecule has 1 saturated heterocycles. The highest BCUT2D eigenvalue weighted by atomic mass is 16.2. The quantitative estimate of drug-likeness (QED) is 0.894. The van der Waals surface area contributed by atoms with Crippen LogP contribution in [-0.4, -0.2) is 64.3 Å². The van der Waals surface area contributed by atoms with Crippen molar-refractivity contribution in [1.82, 2.24) is 19.8 Å². The molecular formula is C20H25N5O2. The number of nitrogens with one attached hydrogen (secondary N) is 1. The summed E-state index contributed by atoms with van der Waals surface area (Å²) in [5, 5.41) is 3.40. The number of nitrogens with zero attached hydrogens (tertiary/aromatic N) is 4. The van der Waals surface area contributed by atoms with Crippen molar-refractivity contribution >= 4 is 17.5 Å². The number of benzene rings is 1. The molecule has 7 heteroatoms. The molecule has 2 aromatic rings. The summed E-state index contributed by atoms with van der Waals surface area (Å²) >= 11 is 0.